The number of rotatable bonds is 0. The Morgan fingerprint density at radius 3 is 2.76 bits per heavy atom. The summed E-state index contributed by atoms with van der Waals surface area (Å²) >= 11 is 0. The highest BCUT2D eigenvalue weighted by Gasteiger charge is 2.16. The second-order valence-electron chi connectivity index (χ2n) is 4.23. The molecule has 1 aliphatic heterocycles. The van der Waals surface area contributed by atoms with E-state index in [0.717, 1.165) is 27.1 Å². The highest BCUT2D eigenvalue weighted by atomic mass is 16.3. The predicted molar refractivity (Wildman–Crippen MR) is 67.8 cm³/mol. The number of benzene rings is 3. The molecule has 4 rings (SSSR count). The van der Waals surface area contributed by atoms with Gasteiger partial charge in [0.25, 0.3) is 0 Å². The van der Waals surface area contributed by atoms with E-state index < -0.39 is 0 Å². The first-order valence-electron chi connectivity index (χ1n) is 5.50. The third-order valence-corrected chi connectivity index (χ3v) is 3.29. The molecule has 0 amide bonds. The van der Waals surface area contributed by atoms with E-state index in [0.29, 0.717) is 5.76 Å². The Morgan fingerprint density at radius 1 is 0.941 bits per heavy atom. The smallest absolute Gasteiger partial charge is 0.190 e. The molecule has 2 nitrogen and oxygen atoms in total. The molecule has 0 atom stereocenters. The lowest BCUT2D eigenvalue weighted by Gasteiger charge is -2.12. The quantitative estimate of drug-likeness (QED) is 0.424. The molecule has 0 bridgehead atoms. The molecule has 0 N–H and O–H groups in total. The molecule has 0 fully saturated rings. The zero-order valence-electron chi connectivity index (χ0n) is 8.94. The van der Waals surface area contributed by atoms with Crippen molar-refractivity contribution in [3.8, 4) is 11.3 Å². The van der Waals surface area contributed by atoms with E-state index in [4.69, 9.17) is 4.42 Å². The second kappa shape index (κ2) is 2.86. The Balaban J connectivity index is 2.50. The minimum Gasteiger partial charge on any atom is -0.464 e. The van der Waals surface area contributed by atoms with Gasteiger partial charge in [-0.2, -0.15) is 0 Å². The van der Waals surface area contributed by atoms with E-state index in [2.05, 4.69) is 6.07 Å². The first-order valence-corrected chi connectivity index (χ1v) is 5.50. The van der Waals surface area contributed by atoms with Gasteiger partial charge >= 0.3 is 0 Å². The van der Waals surface area contributed by atoms with Crippen LogP contribution in [-0.2, 0) is 0 Å². The zero-order chi connectivity index (χ0) is 11.4. The second-order valence-corrected chi connectivity index (χ2v) is 4.23. The molecule has 2 aromatic carbocycles. The van der Waals surface area contributed by atoms with Gasteiger partial charge < -0.3 is 4.42 Å². The minimum atomic E-state index is 0.0190. The van der Waals surface area contributed by atoms with Gasteiger partial charge in [-0.3, -0.25) is 4.79 Å². The Labute approximate surface area is 96.8 Å². The van der Waals surface area contributed by atoms with Crippen LogP contribution in [-0.4, -0.2) is 0 Å². The van der Waals surface area contributed by atoms with Gasteiger partial charge in [0.1, 0.15) is 5.76 Å². The van der Waals surface area contributed by atoms with E-state index in [-0.39, 0.29) is 5.43 Å². The summed E-state index contributed by atoms with van der Waals surface area (Å²) in [6.07, 6.45) is 1.63. The van der Waals surface area contributed by atoms with Crippen LogP contribution in [0.3, 0.4) is 0 Å². The monoisotopic (exact) mass is 220 g/mol. The Morgan fingerprint density at radius 2 is 1.82 bits per heavy atom. The molecular formula is C15H8O2. The fourth-order valence-corrected chi connectivity index (χ4v) is 2.55. The summed E-state index contributed by atoms with van der Waals surface area (Å²) in [6.45, 7) is 0. The molecule has 2 aromatic rings. The van der Waals surface area contributed by atoms with Crippen molar-refractivity contribution in [2.24, 2.45) is 0 Å². The lowest BCUT2D eigenvalue weighted by molar-refractivity contribution is 0.568. The largest absolute Gasteiger partial charge is 0.464 e. The molecule has 1 aliphatic carbocycles. The van der Waals surface area contributed by atoms with Crippen molar-refractivity contribution in [2.45, 2.75) is 0 Å². The van der Waals surface area contributed by atoms with E-state index in [1.807, 2.05) is 30.3 Å². The third-order valence-electron chi connectivity index (χ3n) is 3.29. The molecule has 0 radical (unpaired) electrons. The Hall–Kier alpha value is -2.35. The van der Waals surface area contributed by atoms with Crippen molar-refractivity contribution in [3.05, 3.63) is 59.0 Å². The summed E-state index contributed by atoms with van der Waals surface area (Å²) in [7, 11) is 0. The first-order chi connectivity index (χ1) is 8.34. The lowest BCUT2D eigenvalue weighted by atomic mass is 9.93. The van der Waals surface area contributed by atoms with Gasteiger partial charge in [-0.05, 0) is 16.8 Å². The van der Waals surface area contributed by atoms with Crippen LogP contribution in [0.15, 0.2) is 57.9 Å². The lowest BCUT2D eigenvalue weighted by Crippen LogP contribution is -2.03. The van der Waals surface area contributed by atoms with Gasteiger partial charge in [-0.15, -0.1) is 0 Å². The van der Waals surface area contributed by atoms with Gasteiger partial charge in [0.2, 0.25) is 0 Å². The van der Waals surface area contributed by atoms with E-state index in [9.17, 15) is 4.79 Å². The van der Waals surface area contributed by atoms with Crippen molar-refractivity contribution in [3.63, 3.8) is 0 Å². The van der Waals surface area contributed by atoms with E-state index >= 15 is 0 Å². The van der Waals surface area contributed by atoms with Crippen LogP contribution in [0.5, 0.6) is 0 Å². The first kappa shape index (κ1) is 8.76. The van der Waals surface area contributed by atoms with E-state index in [1.165, 1.54) is 0 Å². The number of hydrogen-bond acceptors (Lipinski definition) is 2. The molecule has 2 aliphatic rings. The maximum atomic E-state index is 12.0. The highest BCUT2D eigenvalue weighted by Crippen LogP contribution is 2.36. The van der Waals surface area contributed by atoms with Gasteiger partial charge in [0, 0.05) is 22.4 Å². The summed E-state index contributed by atoms with van der Waals surface area (Å²) in [5.74, 6) is 0.664. The van der Waals surface area contributed by atoms with Crippen LogP contribution < -0.4 is 5.43 Å². The average Bonchev–Trinajstić information content (AvgIpc) is 2.37. The Bertz CT molecular complexity index is 857. The van der Waals surface area contributed by atoms with Crippen molar-refractivity contribution >= 4 is 21.5 Å². The summed E-state index contributed by atoms with van der Waals surface area (Å²) in [5, 5.41) is 3.97. The standard InChI is InChI=1S/C15H8O2/c16-12-8-13-15-10(6-7-17-13)5-4-9-2-1-3-11(12)14(9)15/h1-8H. The van der Waals surface area contributed by atoms with Gasteiger partial charge in [-0.1, -0.05) is 30.3 Å². The normalized spacial score (nSPS) is 11.8. The predicted octanol–water partition coefficient (Wildman–Crippen LogP) is 3.49. The molecule has 0 unspecified atom stereocenters. The maximum Gasteiger partial charge on any atom is 0.190 e. The fraction of sp³-hybridized carbons (Fsp3) is 0. The van der Waals surface area contributed by atoms with Gasteiger partial charge in [0.15, 0.2) is 5.43 Å². The summed E-state index contributed by atoms with van der Waals surface area (Å²) in [5.41, 5.74) is 1.06. The van der Waals surface area contributed by atoms with Crippen molar-refractivity contribution in [2.75, 3.05) is 0 Å². The number of hydrogen-bond donors (Lipinski definition) is 0. The van der Waals surface area contributed by atoms with Crippen LogP contribution in [0.2, 0.25) is 0 Å². The minimum absolute atomic E-state index is 0.0190. The van der Waals surface area contributed by atoms with Gasteiger partial charge in [-0.25, -0.2) is 0 Å². The van der Waals surface area contributed by atoms with Gasteiger partial charge in [0.05, 0.1) is 6.26 Å². The molecule has 80 valence electrons. The molecule has 0 saturated heterocycles. The molecule has 0 spiro atoms. The topological polar surface area (TPSA) is 30.2 Å². The van der Waals surface area contributed by atoms with Crippen molar-refractivity contribution in [1.29, 1.82) is 0 Å². The van der Waals surface area contributed by atoms with Crippen LogP contribution in [0, 0.1) is 0 Å². The summed E-state index contributed by atoms with van der Waals surface area (Å²) < 4.78 is 5.44. The molecule has 1 heterocycles. The molecule has 17 heavy (non-hydrogen) atoms. The van der Waals surface area contributed by atoms with Crippen molar-refractivity contribution in [1.82, 2.24) is 0 Å². The summed E-state index contributed by atoms with van der Waals surface area (Å²) in [4.78, 5) is 12.0. The molecular weight excluding hydrogens is 212 g/mol. The van der Waals surface area contributed by atoms with Crippen LogP contribution in [0.4, 0.5) is 0 Å². The maximum absolute atomic E-state index is 12.0. The van der Waals surface area contributed by atoms with Crippen LogP contribution in [0.25, 0.3) is 32.9 Å². The third kappa shape index (κ3) is 1.02. The van der Waals surface area contributed by atoms with Crippen LogP contribution in [0.1, 0.15) is 0 Å². The molecule has 0 saturated carbocycles. The van der Waals surface area contributed by atoms with Crippen molar-refractivity contribution < 1.29 is 4.42 Å². The zero-order valence-corrected chi connectivity index (χ0v) is 8.94. The SMILES string of the molecule is O=c1cc2occc3ccc4cccc1c4c3-2. The van der Waals surface area contributed by atoms with Crippen LogP contribution >= 0.6 is 0 Å². The van der Waals surface area contributed by atoms with E-state index in [1.54, 1.807) is 12.3 Å². The Kier molecular flexibility index (Phi) is 1.47. The average molecular weight is 220 g/mol. The summed E-state index contributed by atoms with van der Waals surface area (Å²) in [6, 6.07) is 13.4. The fourth-order valence-electron chi connectivity index (χ4n) is 2.55. The highest BCUT2D eigenvalue weighted by molar-refractivity contribution is 6.13. The molecule has 2 heteroatoms. The molecule has 0 aromatic heterocycles.